The van der Waals surface area contributed by atoms with Crippen molar-refractivity contribution in [1.29, 1.82) is 0 Å². The van der Waals surface area contributed by atoms with Gasteiger partial charge in [-0.2, -0.15) is 0 Å². The Bertz CT molecular complexity index is 1030. The molecule has 0 saturated heterocycles. The average Bonchev–Trinajstić information content (AvgIpc) is 3.38. The van der Waals surface area contributed by atoms with E-state index in [1.807, 2.05) is 0 Å². The quantitative estimate of drug-likeness (QED) is 0.570. The maximum Gasteiger partial charge on any atom is 0.274 e. The van der Waals surface area contributed by atoms with Crippen LogP contribution in [0.1, 0.15) is 10.5 Å². The predicted octanol–water partition coefficient (Wildman–Crippen LogP) is 1.98. The Morgan fingerprint density at radius 2 is 2.07 bits per heavy atom. The molecule has 0 aliphatic heterocycles. The zero-order valence-corrected chi connectivity index (χ0v) is 16.5. The van der Waals surface area contributed by atoms with Gasteiger partial charge in [-0.05, 0) is 35.7 Å². The van der Waals surface area contributed by atoms with Crippen molar-refractivity contribution >= 4 is 27.1 Å². The second-order valence-electron chi connectivity index (χ2n) is 5.84. The standard InChI is InChI=1S/C18H18N2O6S2/c1-25-14-6-4-12(5-7-14)17-16(20-11-26-17)18(22)19-9-13(21)10-28(23,24)15-3-2-8-27-15/h2-8,11,13,21H,9-10H2,1H3,(H,19,22). The molecule has 3 aromatic rings. The molecular weight excluding hydrogens is 404 g/mol. The number of nitrogens with one attached hydrogen (secondary N) is 1. The topological polar surface area (TPSA) is 119 Å². The van der Waals surface area contributed by atoms with Crippen LogP contribution < -0.4 is 10.1 Å². The second kappa shape index (κ2) is 8.55. The van der Waals surface area contributed by atoms with Gasteiger partial charge in [-0.15, -0.1) is 11.3 Å². The third-order valence-electron chi connectivity index (χ3n) is 3.85. The van der Waals surface area contributed by atoms with Crippen LogP contribution in [-0.2, 0) is 9.84 Å². The fraction of sp³-hybridized carbons (Fsp3) is 0.222. The van der Waals surface area contributed by atoms with Crippen LogP contribution in [0.5, 0.6) is 5.75 Å². The lowest BCUT2D eigenvalue weighted by Gasteiger charge is -2.11. The van der Waals surface area contributed by atoms with Gasteiger partial charge >= 0.3 is 0 Å². The van der Waals surface area contributed by atoms with Gasteiger partial charge in [0.2, 0.25) is 0 Å². The molecule has 0 aliphatic carbocycles. The molecule has 0 aliphatic rings. The van der Waals surface area contributed by atoms with E-state index in [9.17, 15) is 18.3 Å². The molecule has 2 aromatic heterocycles. The van der Waals surface area contributed by atoms with Crippen molar-refractivity contribution < 1.29 is 27.5 Å². The SMILES string of the molecule is COc1ccc(-c2ocnc2C(=O)NCC(O)CS(=O)(=O)c2cccs2)cc1. The number of rotatable bonds is 8. The van der Waals surface area contributed by atoms with Gasteiger partial charge in [-0.3, -0.25) is 4.79 Å². The van der Waals surface area contributed by atoms with Gasteiger partial charge in [0.05, 0.1) is 19.0 Å². The van der Waals surface area contributed by atoms with Crippen molar-refractivity contribution in [3.05, 3.63) is 53.9 Å². The van der Waals surface area contributed by atoms with Gasteiger partial charge in [0.15, 0.2) is 27.7 Å². The lowest BCUT2D eigenvalue weighted by atomic mass is 10.1. The van der Waals surface area contributed by atoms with E-state index >= 15 is 0 Å². The molecule has 0 saturated carbocycles. The number of hydrogen-bond donors (Lipinski definition) is 2. The summed E-state index contributed by atoms with van der Waals surface area (Å²) >= 11 is 1.08. The molecule has 1 amide bonds. The maximum atomic E-state index is 12.4. The minimum Gasteiger partial charge on any atom is -0.497 e. The van der Waals surface area contributed by atoms with E-state index in [-0.39, 0.29) is 22.2 Å². The van der Waals surface area contributed by atoms with Crippen LogP contribution >= 0.6 is 11.3 Å². The van der Waals surface area contributed by atoms with Gasteiger partial charge in [0.1, 0.15) is 9.96 Å². The molecule has 148 valence electrons. The number of hydrogen-bond acceptors (Lipinski definition) is 8. The summed E-state index contributed by atoms with van der Waals surface area (Å²) in [5.41, 5.74) is 0.669. The van der Waals surface area contributed by atoms with Crippen LogP contribution in [0.15, 0.2) is 56.8 Å². The number of ether oxygens (including phenoxy) is 1. The van der Waals surface area contributed by atoms with Gasteiger partial charge in [-0.1, -0.05) is 6.07 Å². The highest BCUT2D eigenvalue weighted by atomic mass is 32.2. The van der Waals surface area contributed by atoms with Crippen LogP contribution in [0.4, 0.5) is 0 Å². The predicted molar refractivity (Wildman–Crippen MR) is 103 cm³/mol. The van der Waals surface area contributed by atoms with E-state index < -0.39 is 27.6 Å². The van der Waals surface area contributed by atoms with Gasteiger partial charge < -0.3 is 19.6 Å². The smallest absolute Gasteiger partial charge is 0.274 e. The molecule has 3 rings (SSSR count). The highest BCUT2D eigenvalue weighted by molar-refractivity contribution is 7.93. The molecule has 1 atom stereocenters. The fourth-order valence-corrected chi connectivity index (χ4v) is 4.96. The molecule has 1 unspecified atom stereocenters. The van der Waals surface area contributed by atoms with Crippen molar-refractivity contribution in [2.24, 2.45) is 0 Å². The molecule has 2 heterocycles. The fourth-order valence-electron chi connectivity index (χ4n) is 2.48. The molecule has 8 nitrogen and oxygen atoms in total. The first-order valence-corrected chi connectivity index (χ1v) is 10.7. The number of thiophene rings is 1. The number of aliphatic hydroxyl groups is 1. The Kier molecular flexibility index (Phi) is 6.12. The van der Waals surface area contributed by atoms with Crippen LogP contribution in [0.2, 0.25) is 0 Å². The van der Waals surface area contributed by atoms with E-state index in [1.54, 1.807) is 42.8 Å². The Labute approximate surface area is 165 Å². The molecule has 0 spiro atoms. The summed E-state index contributed by atoms with van der Waals surface area (Å²) in [7, 11) is -2.06. The number of carbonyl (C=O) groups is 1. The summed E-state index contributed by atoms with van der Waals surface area (Å²) in [6.07, 6.45) is -0.112. The number of amides is 1. The molecular formula is C18H18N2O6S2. The van der Waals surface area contributed by atoms with Crippen LogP contribution in [0.25, 0.3) is 11.3 Å². The van der Waals surface area contributed by atoms with E-state index in [0.717, 1.165) is 17.7 Å². The second-order valence-corrected chi connectivity index (χ2v) is 9.04. The number of oxazole rings is 1. The summed E-state index contributed by atoms with van der Waals surface area (Å²) < 4.78 is 34.9. The number of aliphatic hydroxyl groups excluding tert-OH is 1. The van der Waals surface area contributed by atoms with Gasteiger partial charge in [0.25, 0.3) is 5.91 Å². The molecule has 1 aromatic carbocycles. The molecule has 28 heavy (non-hydrogen) atoms. The lowest BCUT2D eigenvalue weighted by molar-refractivity contribution is 0.0921. The molecule has 10 heteroatoms. The Hall–Kier alpha value is -2.69. The third kappa shape index (κ3) is 4.58. The summed E-state index contributed by atoms with van der Waals surface area (Å²) in [6.45, 7) is -0.238. The van der Waals surface area contributed by atoms with Crippen molar-refractivity contribution in [3.8, 4) is 17.1 Å². The first-order chi connectivity index (χ1) is 13.4. The van der Waals surface area contributed by atoms with Crippen LogP contribution in [0, 0.1) is 0 Å². The monoisotopic (exact) mass is 422 g/mol. The van der Waals surface area contributed by atoms with Crippen molar-refractivity contribution in [3.63, 3.8) is 0 Å². The molecule has 2 N–H and O–H groups in total. The summed E-state index contributed by atoms with van der Waals surface area (Å²) in [5.74, 6) is -0.143. The number of nitrogens with zero attached hydrogens (tertiary/aromatic N) is 1. The highest BCUT2D eigenvalue weighted by Crippen LogP contribution is 2.25. The van der Waals surface area contributed by atoms with Crippen molar-refractivity contribution in [2.75, 3.05) is 19.4 Å². The minimum absolute atomic E-state index is 0.0403. The number of methoxy groups -OCH3 is 1. The summed E-state index contributed by atoms with van der Waals surface area (Å²) in [5, 5.41) is 14.2. The number of sulfone groups is 1. The number of benzene rings is 1. The van der Waals surface area contributed by atoms with Crippen LogP contribution in [0.3, 0.4) is 0 Å². The zero-order chi connectivity index (χ0) is 20.1. The first kappa shape index (κ1) is 20.1. The van der Waals surface area contributed by atoms with Crippen molar-refractivity contribution in [2.45, 2.75) is 10.3 Å². The largest absolute Gasteiger partial charge is 0.497 e. The van der Waals surface area contributed by atoms with Gasteiger partial charge in [0, 0.05) is 12.1 Å². The van der Waals surface area contributed by atoms with Crippen LogP contribution in [-0.4, -0.2) is 49.9 Å². The summed E-state index contributed by atoms with van der Waals surface area (Å²) in [6, 6.07) is 9.98. The van der Waals surface area contributed by atoms with Crippen molar-refractivity contribution in [1.82, 2.24) is 10.3 Å². The lowest BCUT2D eigenvalue weighted by Crippen LogP contribution is -2.36. The highest BCUT2D eigenvalue weighted by Gasteiger charge is 2.23. The van der Waals surface area contributed by atoms with Gasteiger partial charge in [-0.25, -0.2) is 13.4 Å². The Balaban J connectivity index is 1.63. The number of aromatic nitrogens is 1. The third-order valence-corrected chi connectivity index (χ3v) is 7.13. The molecule has 0 fully saturated rings. The zero-order valence-electron chi connectivity index (χ0n) is 14.9. The van der Waals surface area contributed by atoms with E-state index in [4.69, 9.17) is 9.15 Å². The maximum absolute atomic E-state index is 12.4. The van der Waals surface area contributed by atoms with E-state index in [1.165, 1.54) is 6.07 Å². The average molecular weight is 422 g/mol. The first-order valence-electron chi connectivity index (χ1n) is 8.21. The van der Waals surface area contributed by atoms with E-state index in [0.29, 0.717) is 11.3 Å². The normalized spacial score (nSPS) is 12.5. The summed E-state index contributed by atoms with van der Waals surface area (Å²) in [4.78, 5) is 16.3. The molecule has 0 radical (unpaired) electrons. The van der Waals surface area contributed by atoms with E-state index in [2.05, 4.69) is 10.3 Å². The molecule has 0 bridgehead atoms. The Morgan fingerprint density at radius 3 is 2.71 bits per heavy atom. The minimum atomic E-state index is -3.60. The Morgan fingerprint density at radius 1 is 1.32 bits per heavy atom. The number of carbonyl (C=O) groups excluding carboxylic acids is 1.